The van der Waals surface area contributed by atoms with Gasteiger partial charge in [-0.05, 0) is 222 Å². The van der Waals surface area contributed by atoms with Gasteiger partial charge in [0.2, 0.25) is 11.8 Å². The van der Waals surface area contributed by atoms with E-state index in [2.05, 4.69) is 30.5 Å². The molecule has 0 fully saturated rings. The number of amides is 2. The first-order valence-corrected chi connectivity index (χ1v) is 28.5. The first-order chi connectivity index (χ1) is 39.1. The average Bonchev–Trinajstić information content (AvgIpc) is 2.17. The second-order valence-electron chi connectivity index (χ2n) is 24.2. The summed E-state index contributed by atoms with van der Waals surface area (Å²) in [6.07, 6.45) is 4.05. The van der Waals surface area contributed by atoms with Crippen LogP contribution in [0.2, 0.25) is 0 Å². The molecule has 0 heterocycles. The molecule has 1 aliphatic carbocycles. The van der Waals surface area contributed by atoms with Crippen molar-refractivity contribution in [1.29, 1.82) is 0 Å². The zero-order valence-electron chi connectivity index (χ0n) is 51.7. The third-order valence-electron chi connectivity index (χ3n) is 16.0. The van der Waals surface area contributed by atoms with E-state index in [0.717, 1.165) is 47.4 Å². The SMILES string of the molecule is CC1Cc2cc(O)ccc2C1C.CCC(C)(C)C(=O)Nc1cc(C)c(O)c(C)c1.CCC(C)(C)C(=O)Nc1ccc(O)cc1.CCC(C)(C)C(=O)Oc1ccc(O)c2cc(O)ccc12.CCC(C)(C)C(=O)Oc1ccc2cc(O)c(O)cc2c1. The minimum atomic E-state index is -0.568. The highest BCUT2D eigenvalue weighted by molar-refractivity contribution is 5.97. The summed E-state index contributed by atoms with van der Waals surface area (Å²) in [6, 6.07) is 31.3. The lowest BCUT2D eigenvalue weighted by Crippen LogP contribution is -2.30. The molecule has 9 N–H and O–H groups in total. The van der Waals surface area contributed by atoms with Crippen LogP contribution >= 0.6 is 0 Å². The number of carbonyl (C=O) groups excluding carboxylic acids is 4. The fraction of sp³-hybridized carbons (Fsp3) is 0.391. The molecule has 7 aromatic rings. The first-order valence-electron chi connectivity index (χ1n) is 28.5. The zero-order chi connectivity index (χ0) is 63.2. The highest BCUT2D eigenvalue weighted by atomic mass is 16.5. The number of hydrogen-bond acceptors (Lipinski definition) is 13. The van der Waals surface area contributed by atoms with Crippen molar-refractivity contribution in [2.45, 2.75) is 149 Å². The van der Waals surface area contributed by atoms with Crippen molar-refractivity contribution in [2.24, 2.45) is 27.6 Å². The van der Waals surface area contributed by atoms with Gasteiger partial charge >= 0.3 is 11.9 Å². The standard InChI is InChI=1S/2C16H18O4.C14H21NO2.C12H17NO2.C11H14O/c1-4-16(2,3)15(19)20-12-6-5-10-8-13(17)14(18)9-11(10)7-12;1-4-16(2,3)15(19)20-14-8-7-13(18)12-9-10(17)5-6-11(12)14;1-6-14(4,5)13(17)15-11-7-9(2)12(16)10(3)8-11;1-4-12(2,3)11(15)13-9-5-7-10(14)8-6-9;1-7-5-9-6-10(12)3-4-11(9)8(7)2/h2*5-9,17-18H,4H2,1-3H3;7-8,16H,6H2,1-5H3,(H,15,17);5-8,14H,4H2,1-3H3,(H,13,15);3-4,6-8,12H,5H2,1-2H3. The molecule has 2 amide bonds. The lowest BCUT2D eigenvalue weighted by atomic mass is 9.89. The number of phenolic OH excluding ortho intramolecular Hbond substituents is 7. The van der Waals surface area contributed by atoms with Gasteiger partial charge in [-0.25, -0.2) is 0 Å². The summed E-state index contributed by atoms with van der Waals surface area (Å²) in [5.41, 5.74) is 3.90. The summed E-state index contributed by atoms with van der Waals surface area (Å²) in [4.78, 5) is 47.9. The number of rotatable bonds is 12. The lowest BCUT2D eigenvalue weighted by molar-refractivity contribution is -0.144. The predicted molar refractivity (Wildman–Crippen MR) is 334 cm³/mol. The van der Waals surface area contributed by atoms with Crippen LogP contribution in [-0.2, 0) is 25.6 Å². The fourth-order valence-electron chi connectivity index (χ4n) is 8.01. The van der Waals surface area contributed by atoms with E-state index in [1.54, 1.807) is 72.8 Å². The van der Waals surface area contributed by atoms with Crippen LogP contribution in [-0.4, -0.2) is 59.5 Å². The Kier molecular flexibility index (Phi) is 23.2. The topological polar surface area (TPSA) is 252 Å². The van der Waals surface area contributed by atoms with Crippen molar-refractivity contribution < 1.29 is 64.4 Å². The van der Waals surface area contributed by atoms with Gasteiger partial charge in [0.1, 0.15) is 40.2 Å². The molecule has 452 valence electrons. The molecule has 2 atom stereocenters. The molecule has 0 saturated carbocycles. The van der Waals surface area contributed by atoms with E-state index in [4.69, 9.17) is 14.6 Å². The highest BCUT2D eigenvalue weighted by Gasteiger charge is 2.30. The smallest absolute Gasteiger partial charge is 0.316 e. The van der Waals surface area contributed by atoms with Gasteiger partial charge in [0.25, 0.3) is 0 Å². The molecule has 84 heavy (non-hydrogen) atoms. The van der Waals surface area contributed by atoms with Crippen molar-refractivity contribution >= 4 is 56.7 Å². The molecule has 0 aliphatic heterocycles. The molecular weight excluding hydrogens is 1060 g/mol. The predicted octanol–water partition coefficient (Wildman–Crippen LogP) is 16.0. The van der Waals surface area contributed by atoms with Crippen molar-refractivity contribution in [3.8, 4) is 51.7 Å². The van der Waals surface area contributed by atoms with Crippen molar-refractivity contribution in [3.05, 3.63) is 138 Å². The molecule has 0 radical (unpaired) electrons. The van der Waals surface area contributed by atoms with Gasteiger partial charge in [-0.3, -0.25) is 19.2 Å². The van der Waals surface area contributed by atoms with Crippen LogP contribution in [0.15, 0.2) is 115 Å². The monoisotopic (exact) mass is 1150 g/mol. The first kappa shape index (κ1) is 68.0. The quantitative estimate of drug-likeness (QED) is 0.0239. The summed E-state index contributed by atoms with van der Waals surface area (Å²) in [5, 5.41) is 74.4. The molecule has 0 bridgehead atoms. The van der Waals surface area contributed by atoms with Gasteiger partial charge < -0.3 is 55.9 Å². The van der Waals surface area contributed by atoms with Gasteiger partial charge in [0, 0.05) is 33.0 Å². The number of ether oxygens (including phenoxy) is 2. The summed E-state index contributed by atoms with van der Waals surface area (Å²) in [5.74, 6) is 2.17. The number of hydrogen-bond donors (Lipinski definition) is 9. The largest absolute Gasteiger partial charge is 0.508 e. The molecule has 0 saturated heterocycles. The number of fused-ring (bicyclic) bond motifs is 3. The molecule has 7 aromatic carbocycles. The van der Waals surface area contributed by atoms with Crippen LogP contribution in [0.25, 0.3) is 21.5 Å². The third-order valence-corrected chi connectivity index (χ3v) is 16.0. The van der Waals surface area contributed by atoms with Crippen LogP contribution in [0, 0.1) is 41.4 Å². The Hall–Kier alpha value is -8.46. The Bertz CT molecular complexity index is 3410. The van der Waals surface area contributed by atoms with Crippen LogP contribution in [0.3, 0.4) is 0 Å². The van der Waals surface area contributed by atoms with Crippen LogP contribution in [0.4, 0.5) is 11.4 Å². The number of aromatic hydroxyl groups is 7. The zero-order valence-corrected chi connectivity index (χ0v) is 51.7. The van der Waals surface area contributed by atoms with E-state index in [0.29, 0.717) is 57.9 Å². The number of aryl methyl sites for hydroxylation is 2. The highest BCUT2D eigenvalue weighted by Crippen LogP contribution is 2.40. The Balaban J connectivity index is 0.000000228. The second-order valence-corrected chi connectivity index (χ2v) is 24.2. The van der Waals surface area contributed by atoms with Crippen molar-refractivity contribution in [3.63, 3.8) is 0 Å². The molecular formula is C69H88N2O13. The Morgan fingerprint density at radius 1 is 0.476 bits per heavy atom. The number of carbonyl (C=O) groups is 4. The number of benzene rings is 7. The van der Waals surface area contributed by atoms with Gasteiger partial charge in [-0.2, -0.15) is 0 Å². The van der Waals surface area contributed by atoms with E-state index < -0.39 is 10.8 Å². The van der Waals surface area contributed by atoms with Crippen LogP contribution in [0.1, 0.15) is 151 Å². The number of phenols is 7. The average molecular weight is 1150 g/mol. The molecule has 8 rings (SSSR count). The maximum atomic E-state index is 12.1. The van der Waals surface area contributed by atoms with E-state index in [1.807, 2.05) is 103 Å². The van der Waals surface area contributed by atoms with E-state index in [9.17, 15) is 49.8 Å². The summed E-state index contributed by atoms with van der Waals surface area (Å²) in [7, 11) is 0. The minimum Gasteiger partial charge on any atom is -0.508 e. The number of anilines is 2. The minimum absolute atomic E-state index is 0.00399. The Labute approximate surface area is 495 Å². The van der Waals surface area contributed by atoms with E-state index in [-0.39, 0.29) is 69.1 Å². The maximum absolute atomic E-state index is 12.1. The fourth-order valence-corrected chi connectivity index (χ4v) is 8.01. The van der Waals surface area contributed by atoms with E-state index in [1.165, 1.54) is 41.5 Å². The molecule has 15 nitrogen and oxygen atoms in total. The number of esters is 2. The lowest BCUT2D eigenvalue weighted by Gasteiger charge is -2.22. The summed E-state index contributed by atoms with van der Waals surface area (Å²) >= 11 is 0. The molecule has 0 aromatic heterocycles. The molecule has 1 aliphatic rings. The Morgan fingerprint density at radius 3 is 1.49 bits per heavy atom. The van der Waals surface area contributed by atoms with E-state index >= 15 is 0 Å². The summed E-state index contributed by atoms with van der Waals surface area (Å²) < 4.78 is 10.8. The molecule has 15 heteroatoms. The summed E-state index contributed by atoms with van der Waals surface area (Å²) in [6.45, 7) is 31.0. The molecule has 2 unspecified atom stereocenters. The molecule has 0 spiro atoms. The van der Waals surface area contributed by atoms with Crippen LogP contribution in [0.5, 0.6) is 51.7 Å². The number of nitrogens with one attached hydrogen (secondary N) is 2. The van der Waals surface area contributed by atoms with Gasteiger partial charge in [0.05, 0.1) is 10.8 Å². The van der Waals surface area contributed by atoms with Gasteiger partial charge in [0.15, 0.2) is 11.5 Å². The Morgan fingerprint density at radius 2 is 0.952 bits per heavy atom. The van der Waals surface area contributed by atoms with Gasteiger partial charge in [-0.1, -0.05) is 81.4 Å². The van der Waals surface area contributed by atoms with Crippen molar-refractivity contribution in [1.82, 2.24) is 0 Å². The van der Waals surface area contributed by atoms with Crippen molar-refractivity contribution in [2.75, 3.05) is 10.6 Å². The van der Waals surface area contributed by atoms with Gasteiger partial charge in [-0.15, -0.1) is 0 Å². The maximum Gasteiger partial charge on any atom is 0.316 e. The second kappa shape index (κ2) is 28.7. The third kappa shape index (κ3) is 18.3. The van der Waals surface area contributed by atoms with Crippen LogP contribution < -0.4 is 20.1 Å². The normalized spacial score (nSPS) is 13.7.